The molecule has 4 nitrogen and oxygen atoms in total. The van der Waals surface area contributed by atoms with Crippen LogP contribution in [0.15, 0.2) is 11.0 Å². The van der Waals surface area contributed by atoms with Gasteiger partial charge in [-0.15, -0.1) is 0 Å². The summed E-state index contributed by atoms with van der Waals surface area (Å²) in [5.41, 5.74) is 0.384. The summed E-state index contributed by atoms with van der Waals surface area (Å²) in [6.45, 7) is 6.71. The molecular formula is C11H18ClN3O. The molecule has 0 spiro atoms. The summed E-state index contributed by atoms with van der Waals surface area (Å²) in [7, 11) is 0. The second-order valence-corrected chi connectivity index (χ2v) is 4.37. The van der Waals surface area contributed by atoms with Crippen LogP contribution in [-0.2, 0) is 0 Å². The Labute approximate surface area is 101 Å². The van der Waals surface area contributed by atoms with Crippen molar-refractivity contribution in [2.45, 2.75) is 39.7 Å². The molecule has 90 valence electrons. The van der Waals surface area contributed by atoms with Crippen LogP contribution in [0.1, 0.15) is 39.7 Å². The number of aromatic nitrogens is 2. The van der Waals surface area contributed by atoms with Gasteiger partial charge < -0.3 is 5.32 Å². The van der Waals surface area contributed by atoms with E-state index in [4.69, 9.17) is 11.6 Å². The lowest BCUT2D eigenvalue weighted by molar-refractivity contribution is 0.503. The summed E-state index contributed by atoms with van der Waals surface area (Å²) in [4.78, 5) is 11.8. The second kappa shape index (κ2) is 5.89. The van der Waals surface area contributed by atoms with Gasteiger partial charge in [-0.3, -0.25) is 4.79 Å². The Kier molecular flexibility index (Phi) is 4.80. The number of rotatable bonds is 5. The van der Waals surface area contributed by atoms with Crippen molar-refractivity contribution in [3.05, 3.63) is 21.6 Å². The van der Waals surface area contributed by atoms with E-state index in [2.05, 4.69) is 17.3 Å². The molecule has 5 heteroatoms. The number of unbranched alkanes of at least 4 members (excludes halogenated alkanes) is 1. The Morgan fingerprint density at radius 3 is 2.81 bits per heavy atom. The summed E-state index contributed by atoms with van der Waals surface area (Å²) >= 11 is 5.99. The molecular weight excluding hydrogens is 226 g/mol. The zero-order valence-corrected chi connectivity index (χ0v) is 10.7. The molecule has 1 heterocycles. The van der Waals surface area contributed by atoms with E-state index in [1.165, 1.54) is 4.68 Å². The van der Waals surface area contributed by atoms with Crippen molar-refractivity contribution in [2.24, 2.45) is 0 Å². The van der Waals surface area contributed by atoms with Crippen LogP contribution in [0.4, 0.5) is 5.69 Å². The maximum absolute atomic E-state index is 11.8. The van der Waals surface area contributed by atoms with Crippen LogP contribution < -0.4 is 10.9 Å². The first kappa shape index (κ1) is 13.0. The molecule has 0 aromatic carbocycles. The van der Waals surface area contributed by atoms with Gasteiger partial charge >= 0.3 is 0 Å². The van der Waals surface area contributed by atoms with Crippen molar-refractivity contribution in [2.75, 3.05) is 11.9 Å². The molecule has 0 fully saturated rings. The van der Waals surface area contributed by atoms with Crippen LogP contribution in [0.3, 0.4) is 0 Å². The highest BCUT2D eigenvalue weighted by molar-refractivity contribution is 6.32. The van der Waals surface area contributed by atoms with Gasteiger partial charge in [0.2, 0.25) is 0 Å². The molecule has 16 heavy (non-hydrogen) atoms. The average molecular weight is 244 g/mol. The molecule has 1 rings (SSSR count). The fraction of sp³-hybridized carbons (Fsp3) is 0.636. The summed E-state index contributed by atoms with van der Waals surface area (Å²) in [6.07, 6.45) is 3.75. The monoisotopic (exact) mass is 243 g/mol. The van der Waals surface area contributed by atoms with E-state index < -0.39 is 0 Å². The highest BCUT2D eigenvalue weighted by Gasteiger charge is 2.10. The minimum atomic E-state index is -0.238. The first-order valence-corrected chi connectivity index (χ1v) is 5.97. The van der Waals surface area contributed by atoms with Crippen LogP contribution in [0.2, 0.25) is 5.02 Å². The molecule has 0 saturated heterocycles. The van der Waals surface area contributed by atoms with Gasteiger partial charge in [-0.25, -0.2) is 4.68 Å². The van der Waals surface area contributed by atoms with Crippen LogP contribution in [0.5, 0.6) is 0 Å². The van der Waals surface area contributed by atoms with Gasteiger partial charge in [0.25, 0.3) is 5.56 Å². The third-order valence-electron chi connectivity index (χ3n) is 2.28. The summed E-state index contributed by atoms with van der Waals surface area (Å²) in [6, 6.07) is 0.0229. The Morgan fingerprint density at radius 1 is 1.56 bits per heavy atom. The normalized spacial score (nSPS) is 10.8. The maximum Gasteiger partial charge on any atom is 0.287 e. The second-order valence-electron chi connectivity index (χ2n) is 4.00. The van der Waals surface area contributed by atoms with Gasteiger partial charge in [-0.1, -0.05) is 24.9 Å². The SMILES string of the molecule is CCCCNc1cnn(C(C)C)c(=O)c1Cl. The molecule has 0 radical (unpaired) electrons. The number of halogens is 1. The first-order valence-electron chi connectivity index (χ1n) is 5.59. The van der Waals surface area contributed by atoms with Crippen LogP contribution in [0.25, 0.3) is 0 Å². The predicted molar refractivity (Wildman–Crippen MR) is 67.3 cm³/mol. The molecule has 0 aliphatic heterocycles. The summed E-state index contributed by atoms with van der Waals surface area (Å²) in [5.74, 6) is 0. The van der Waals surface area contributed by atoms with Crippen LogP contribution >= 0.6 is 11.6 Å². The minimum absolute atomic E-state index is 0.0229. The zero-order chi connectivity index (χ0) is 12.1. The topological polar surface area (TPSA) is 46.9 Å². The molecule has 0 aliphatic carbocycles. The molecule has 0 unspecified atom stereocenters. The van der Waals surface area contributed by atoms with Crippen molar-refractivity contribution in [3.63, 3.8) is 0 Å². The van der Waals surface area contributed by atoms with Gasteiger partial charge in [0, 0.05) is 6.54 Å². The van der Waals surface area contributed by atoms with E-state index in [0.29, 0.717) is 5.69 Å². The van der Waals surface area contributed by atoms with E-state index in [1.807, 2.05) is 13.8 Å². The Bertz CT molecular complexity index is 401. The van der Waals surface area contributed by atoms with Crippen LogP contribution in [-0.4, -0.2) is 16.3 Å². The number of hydrogen-bond acceptors (Lipinski definition) is 3. The maximum atomic E-state index is 11.8. The fourth-order valence-electron chi connectivity index (χ4n) is 1.34. The Hall–Kier alpha value is -1.03. The van der Waals surface area contributed by atoms with E-state index in [1.54, 1.807) is 6.20 Å². The van der Waals surface area contributed by atoms with Crippen molar-refractivity contribution in [1.29, 1.82) is 0 Å². The molecule has 1 aromatic heterocycles. The van der Waals surface area contributed by atoms with E-state index in [0.717, 1.165) is 19.4 Å². The molecule has 1 N–H and O–H groups in total. The van der Waals surface area contributed by atoms with Crippen molar-refractivity contribution in [1.82, 2.24) is 9.78 Å². The van der Waals surface area contributed by atoms with E-state index >= 15 is 0 Å². The van der Waals surface area contributed by atoms with Crippen molar-refractivity contribution < 1.29 is 0 Å². The Balaban J connectivity index is 2.90. The van der Waals surface area contributed by atoms with E-state index in [9.17, 15) is 4.79 Å². The quantitative estimate of drug-likeness (QED) is 0.809. The summed E-state index contributed by atoms with van der Waals surface area (Å²) in [5, 5.41) is 7.41. The average Bonchev–Trinajstić information content (AvgIpc) is 2.24. The van der Waals surface area contributed by atoms with Gasteiger partial charge in [-0.05, 0) is 20.3 Å². The smallest absolute Gasteiger partial charge is 0.287 e. The van der Waals surface area contributed by atoms with Gasteiger partial charge in [0.15, 0.2) is 0 Å². The molecule has 0 amide bonds. The van der Waals surface area contributed by atoms with E-state index in [-0.39, 0.29) is 16.6 Å². The largest absolute Gasteiger partial charge is 0.382 e. The number of anilines is 1. The standard InChI is InChI=1S/C11H18ClN3O/c1-4-5-6-13-9-7-14-15(8(2)3)11(16)10(9)12/h7-8,13H,4-6H2,1-3H3. The fourth-order valence-corrected chi connectivity index (χ4v) is 1.54. The lowest BCUT2D eigenvalue weighted by atomic mass is 10.3. The molecule has 0 atom stereocenters. The lowest BCUT2D eigenvalue weighted by Crippen LogP contribution is -2.25. The highest BCUT2D eigenvalue weighted by Crippen LogP contribution is 2.16. The third-order valence-corrected chi connectivity index (χ3v) is 2.64. The van der Waals surface area contributed by atoms with Gasteiger partial charge in [0.05, 0.1) is 17.9 Å². The molecule has 0 aliphatic rings. The third kappa shape index (κ3) is 2.98. The number of nitrogens with one attached hydrogen (secondary N) is 1. The predicted octanol–water partition coefficient (Wildman–Crippen LogP) is 2.69. The van der Waals surface area contributed by atoms with Crippen molar-refractivity contribution in [3.8, 4) is 0 Å². The summed E-state index contributed by atoms with van der Waals surface area (Å²) < 4.78 is 1.38. The molecule has 0 saturated carbocycles. The first-order chi connectivity index (χ1) is 7.57. The van der Waals surface area contributed by atoms with Crippen molar-refractivity contribution >= 4 is 17.3 Å². The highest BCUT2D eigenvalue weighted by atomic mass is 35.5. The number of hydrogen-bond donors (Lipinski definition) is 1. The van der Waals surface area contributed by atoms with Crippen LogP contribution in [0, 0.1) is 0 Å². The molecule has 1 aromatic rings. The van der Waals surface area contributed by atoms with Gasteiger partial charge in [-0.2, -0.15) is 5.10 Å². The zero-order valence-electron chi connectivity index (χ0n) is 9.96. The Morgan fingerprint density at radius 2 is 2.25 bits per heavy atom. The lowest BCUT2D eigenvalue weighted by Gasteiger charge is -2.11. The minimum Gasteiger partial charge on any atom is -0.382 e. The molecule has 0 bridgehead atoms. The number of nitrogens with zero attached hydrogens (tertiary/aromatic N) is 2. The van der Waals surface area contributed by atoms with Gasteiger partial charge in [0.1, 0.15) is 5.02 Å².